The Labute approximate surface area is 97.1 Å². The SMILES string of the molecule is CCC([Si])(CC)CCC([Si])(CC)CC. The monoisotopic (exact) mass is 224 g/mol. The second-order valence-electron chi connectivity index (χ2n) is 4.47. The lowest BCUT2D eigenvalue weighted by Crippen LogP contribution is -2.17. The van der Waals surface area contributed by atoms with E-state index in [0.29, 0.717) is 10.1 Å². The fourth-order valence-corrected chi connectivity index (χ4v) is 1.94. The van der Waals surface area contributed by atoms with Crippen molar-refractivity contribution in [3.8, 4) is 0 Å². The Hall–Kier alpha value is 0.434. The molecule has 2 heteroatoms. The third kappa shape index (κ3) is 4.30. The van der Waals surface area contributed by atoms with E-state index in [4.69, 9.17) is 0 Å². The van der Waals surface area contributed by atoms with E-state index in [1.165, 1.54) is 38.5 Å². The van der Waals surface area contributed by atoms with Crippen LogP contribution in [0.25, 0.3) is 0 Å². The van der Waals surface area contributed by atoms with Crippen LogP contribution >= 0.6 is 0 Å². The van der Waals surface area contributed by atoms with Gasteiger partial charge in [-0.2, -0.15) is 0 Å². The first-order chi connectivity index (χ1) is 6.45. The van der Waals surface area contributed by atoms with Crippen molar-refractivity contribution in [2.75, 3.05) is 0 Å². The fourth-order valence-electron chi connectivity index (χ4n) is 1.69. The maximum atomic E-state index is 3.93. The van der Waals surface area contributed by atoms with Crippen LogP contribution in [-0.2, 0) is 0 Å². The van der Waals surface area contributed by atoms with Gasteiger partial charge in [0, 0.05) is 20.5 Å². The zero-order valence-electron chi connectivity index (χ0n) is 10.2. The topological polar surface area (TPSA) is 0 Å². The van der Waals surface area contributed by atoms with Crippen LogP contribution < -0.4 is 0 Å². The molecular weight excluding hydrogens is 200 g/mol. The third-order valence-electron chi connectivity index (χ3n) is 3.79. The summed E-state index contributed by atoms with van der Waals surface area (Å²) in [6.45, 7) is 9.07. The van der Waals surface area contributed by atoms with Crippen LogP contribution in [0, 0.1) is 0 Å². The molecule has 0 saturated heterocycles. The van der Waals surface area contributed by atoms with E-state index in [-0.39, 0.29) is 0 Å². The third-order valence-corrected chi connectivity index (χ3v) is 5.70. The first kappa shape index (κ1) is 14.4. The first-order valence-electron chi connectivity index (χ1n) is 5.95. The summed E-state index contributed by atoms with van der Waals surface area (Å²) in [6.07, 6.45) is 7.41. The summed E-state index contributed by atoms with van der Waals surface area (Å²) in [6, 6.07) is 0. The molecule has 0 N–H and O–H groups in total. The Bertz CT molecular complexity index is 128. The first-order valence-corrected chi connectivity index (χ1v) is 6.95. The molecule has 6 radical (unpaired) electrons. The molecule has 14 heavy (non-hydrogen) atoms. The van der Waals surface area contributed by atoms with Crippen LogP contribution in [-0.4, -0.2) is 20.5 Å². The molecule has 0 unspecified atom stereocenters. The number of rotatable bonds is 7. The van der Waals surface area contributed by atoms with Gasteiger partial charge in [-0.25, -0.2) is 0 Å². The quantitative estimate of drug-likeness (QED) is 0.572. The van der Waals surface area contributed by atoms with E-state index in [9.17, 15) is 0 Å². The standard InChI is InChI=1S/C12H24Si2/c1-5-11(13,6-2)9-10-12(14,7-3)8-4/h5-10H2,1-4H3. The van der Waals surface area contributed by atoms with Gasteiger partial charge in [-0.15, -0.1) is 0 Å². The zero-order valence-corrected chi connectivity index (χ0v) is 12.2. The van der Waals surface area contributed by atoms with Gasteiger partial charge in [-0.05, 0) is 10.1 Å². The van der Waals surface area contributed by atoms with E-state index >= 15 is 0 Å². The molecule has 0 aliphatic rings. The van der Waals surface area contributed by atoms with Gasteiger partial charge < -0.3 is 0 Å². The summed E-state index contributed by atoms with van der Waals surface area (Å²) in [5.74, 6) is 0. The number of hydrogen-bond acceptors (Lipinski definition) is 0. The van der Waals surface area contributed by atoms with E-state index in [2.05, 4.69) is 48.2 Å². The molecule has 0 saturated carbocycles. The average Bonchev–Trinajstić information content (AvgIpc) is 2.25. The smallest absolute Gasteiger partial charge is 0.0313 e. The molecule has 0 aliphatic carbocycles. The second-order valence-corrected chi connectivity index (χ2v) is 6.60. The molecule has 0 spiro atoms. The lowest BCUT2D eigenvalue weighted by atomic mass is 9.88. The predicted molar refractivity (Wildman–Crippen MR) is 67.3 cm³/mol. The summed E-state index contributed by atoms with van der Waals surface area (Å²) < 4.78 is 0. The van der Waals surface area contributed by atoms with Crippen LogP contribution in [0.4, 0.5) is 0 Å². The largest absolute Gasteiger partial charge is 0.0652 e. The van der Waals surface area contributed by atoms with Gasteiger partial charge in [-0.3, -0.25) is 0 Å². The molecule has 0 aromatic heterocycles. The fraction of sp³-hybridized carbons (Fsp3) is 1.00. The lowest BCUT2D eigenvalue weighted by Gasteiger charge is -2.33. The molecule has 0 rings (SSSR count). The van der Waals surface area contributed by atoms with Crippen molar-refractivity contribution in [1.82, 2.24) is 0 Å². The van der Waals surface area contributed by atoms with Gasteiger partial charge >= 0.3 is 0 Å². The highest BCUT2D eigenvalue weighted by Gasteiger charge is 2.26. The van der Waals surface area contributed by atoms with Crippen molar-refractivity contribution in [3.05, 3.63) is 0 Å². The van der Waals surface area contributed by atoms with Gasteiger partial charge in [0.2, 0.25) is 0 Å². The van der Waals surface area contributed by atoms with Gasteiger partial charge in [-0.1, -0.05) is 66.2 Å². The molecule has 0 amide bonds. The van der Waals surface area contributed by atoms with Gasteiger partial charge in [0.15, 0.2) is 0 Å². The highest BCUT2D eigenvalue weighted by Crippen LogP contribution is 2.44. The van der Waals surface area contributed by atoms with E-state index < -0.39 is 0 Å². The molecule has 0 heterocycles. The molecule has 0 fully saturated rings. The molecule has 0 atom stereocenters. The van der Waals surface area contributed by atoms with Crippen LogP contribution in [0.5, 0.6) is 0 Å². The van der Waals surface area contributed by atoms with Crippen LogP contribution in [0.15, 0.2) is 0 Å². The van der Waals surface area contributed by atoms with Crippen molar-refractivity contribution in [3.63, 3.8) is 0 Å². The second kappa shape index (κ2) is 6.11. The summed E-state index contributed by atoms with van der Waals surface area (Å²) >= 11 is 0. The van der Waals surface area contributed by atoms with Crippen LogP contribution in [0.2, 0.25) is 10.1 Å². The summed E-state index contributed by atoms with van der Waals surface area (Å²) in [4.78, 5) is 0. The van der Waals surface area contributed by atoms with Crippen LogP contribution in [0.3, 0.4) is 0 Å². The molecular formula is C12H24Si2. The minimum Gasteiger partial charge on any atom is -0.0652 e. The minimum absolute atomic E-state index is 0.363. The zero-order chi connectivity index (χ0) is 11.2. The van der Waals surface area contributed by atoms with Crippen molar-refractivity contribution in [1.29, 1.82) is 0 Å². The van der Waals surface area contributed by atoms with Gasteiger partial charge in [0.1, 0.15) is 0 Å². The molecule has 0 bridgehead atoms. The number of hydrogen-bond donors (Lipinski definition) is 0. The highest BCUT2D eigenvalue weighted by atomic mass is 28.1. The normalized spacial score (nSPS) is 13.3. The van der Waals surface area contributed by atoms with E-state index in [0.717, 1.165) is 0 Å². The Balaban J connectivity index is 4.14. The van der Waals surface area contributed by atoms with Crippen molar-refractivity contribution >= 4 is 20.5 Å². The van der Waals surface area contributed by atoms with E-state index in [1.807, 2.05) is 0 Å². The maximum absolute atomic E-state index is 3.93. The Morgan fingerprint density at radius 1 is 0.643 bits per heavy atom. The van der Waals surface area contributed by atoms with Crippen molar-refractivity contribution < 1.29 is 0 Å². The molecule has 0 aromatic rings. The summed E-state index contributed by atoms with van der Waals surface area (Å²) in [7, 11) is 7.85. The van der Waals surface area contributed by atoms with E-state index in [1.54, 1.807) is 0 Å². The van der Waals surface area contributed by atoms with Crippen molar-refractivity contribution in [2.45, 2.75) is 76.3 Å². The molecule has 0 nitrogen and oxygen atoms in total. The molecule has 80 valence electrons. The average molecular weight is 224 g/mol. The predicted octanol–water partition coefficient (Wildman–Crippen LogP) is 4.06. The Morgan fingerprint density at radius 3 is 1.00 bits per heavy atom. The van der Waals surface area contributed by atoms with Gasteiger partial charge in [0.25, 0.3) is 0 Å². The minimum atomic E-state index is 0.363. The summed E-state index contributed by atoms with van der Waals surface area (Å²) in [5.41, 5.74) is 0. The molecule has 0 aromatic carbocycles. The molecule has 0 aliphatic heterocycles. The Kier molecular flexibility index (Phi) is 6.30. The highest BCUT2D eigenvalue weighted by molar-refractivity contribution is 6.16. The van der Waals surface area contributed by atoms with Crippen molar-refractivity contribution in [2.24, 2.45) is 0 Å². The van der Waals surface area contributed by atoms with Crippen LogP contribution in [0.1, 0.15) is 66.2 Å². The summed E-state index contributed by atoms with van der Waals surface area (Å²) in [5, 5.41) is 0.727. The Morgan fingerprint density at radius 2 is 0.857 bits per heavy atom. The maximum Gasteiger partial charge on any atom is 0.0313 e. The van der Waals surface area contributed by atoms with Gasteiger partial charge in [0.05, 0.1) is 0 Å². The lowest BCUT2D eigenvalue weighted by molar-refractivity contribution is 0.391.